The summed E-state index contributed by atoms with van der Waals surface area (Å²) < 4.78 is 10.7. The van der Waals surface area contributed by atoms with Crippen molar-refractivity contribution in [1.82, 2.24) is 10.3 Å². The van der Waals surface area contributed by atoms with Crippen LogP contribution in [0, 0.1) is 0 Å². The summed E-state index contributed by atoms with van der Waals surface area (Å²) in [7, 11) is 1.61. The molecule has 0 bridgehead atoms. The third-order valence-corrected chi connectivity index (χ3v) is 4.45. The van der Waals surface area contributed by atoms with E-state index in [-0.39, 0.29) is 11.9 Å². The summed E-state index contributed by atoms with van der Waals surface area (Å²) in [5.41, 5.74) is 2.29. The second-order valence-electron chi connectivity index (χ2n) is 5.22. The van der Waals surface area contributed by atoms with Gasteiger partial charge in [0.05, 0.1) is 12.0 Å². The Labute approximate surface area is 147 Å². The van der Waals surface area contributed by atoms with Gasteiger partial charge < -0.3 is 14.5 Å². The van der Waals surface area contributed by atoms with Crippen molar-refractivity contribution in [3.05, 3.63) is 59.0 Å². The molecular weight excluding hydrogens is 338 g/mol. The van der Waals surface area contributed by atoms with Gasteiger partial charge in [0.15, 0.2) is 10.8 Å². The molecule has 2 aromatic carbocycles. The molecule has 1 N–H and O–H groups in total. The molecule has 0 atom stereocenters. The van der Waals surface area contributed by atoms with Crippen LogP contribution in [0.25, 0.3) is 17.2 Å². The lowest BCUT2D eigenvalue weighted by Crippen LogP contribution is -2.19. The quantitative estimate of drug-likeness (QED) is 0.728. The lowest BCUT2D eigenvalue weighted by atomic mass is 10.2. The SMILES string of the molecule is COc1ccc(/C=C2\S/C(=N/c3nc4ccccc4o3)NC2=O)cc1. The van der Waals surface area contributed by atoms with Gasteiger partial charge >= 0.3 is 6.01 Å². The number of aliphatic imine (C=N–C) groups is 1. The van der Waals surface area contributed by atoms with E-state index in [0.29, 0.717) is 15.7 Å². The van der Waals surface area contributed by atoms with Crippen LogP contribution >= 0.6 is 11.8 Å². The Balaban J connectivity index is 1.57. The van der Waals surface area contributed by atoms with Crippen molar-refractivity contribution in [3.8, 4) is 5.75 Å². The maximum absolute atomic E-state index is 12.1. The maximum atomic E-state index is 12.1. The average molecular weight is 351 g/mol. The minimum absolute atomic E-state index is 0.198. The number of ether oxygens (including phenoxy) is 1. The Kier molecular flexibility index (Phi) is 3.99. The lowest BCUT2D eigenvalue weighted by molar-refractivity contribution is -0.115. The first kappa shape index (κ1) is 15.5. The molecular formula is C18H13N3O3S. The number of hydrogen-bond donors (Lipinski definition) is 1. The number of carbonyl (C=O) groups excluding carboxylic acids is 1. The third-order valence-electron chi connectivity index (χ3n) is 3.54. The molecule has 25 heavy (non-hydrogen) atoms. The van der Waals surface area contributed by atoms with E-state index in [1.165, 1.54) is 11.8 Å². The number of amides is 1. The molecule has 0 unspecified atom stereocenters. The molecule has 6 nitrogen and oxygen atoms in total. The molecule has 2 heterocycles. The highest BCUT2D eigenvalue weighted by Gasteiger charge is 2.24. The minimum Gasteiger partial charge on any atom is -0.497 e. The Bertz CT molecular complexity index is 973. The van der Waals surface area contributed by atoms with Gasteiger partial charge in [-0.05, 0) is 47.7 Å². The van der Waals surface area contributed by atoms with Crippen LogP contribution in [0.3, 0.4) is 0 Å². The molecule has 0 spiro atoms. The van der Waals surface area contributed by atoms with E-state index in [1.54, 1.807) is 13.2 Å². The molecule has 7 heteroatoms. The first-order valence-electron chi connectivity index (χ1n) is 7.50. The predicted molar refractivity (Wildman–Crippen MR) is 97.8 cm³/mol. The Morgan fingerprint density at radius 3 is 2.76 bits per heavy atom. The van der Waals surface area contributed by atoms with E-state index in [1.807, 2.05) is 48.5 Å². The van der Waals surface area contributed by atoms with E-state index >= 15 is 0 Å². The largest absolute Gasteiger partial charge is 0.497 e. The smallest absolute Gasteiger partial charge is 0.325 e. The number of hydrogen-bond acceptors (Lipinski definition) is 6. The number of rotatable bonds is 3. The summed E-state index contributed by atoms with van der Waals surface area (Å²) in [4.78, 5) is 21.2. The summed E-state index contributed by atoms with van der Waals surface area (Å²) in [5.74, 6) is 0.569. The van der Waals surface area contributed by atoms with Crippen molar-refractivity contribution in [1.29, 1.82) is 0 Å². The van der Waals surface area contributed by atoms with Crippen LogP contribution in [0.15, 0.2) is 62.8 Å². The van der Waals surface area contributed by atoms with Crippen LogP contribution in [0.2, 0.25) is 0 Å². The molecule has 0 aliphatic carbocycles. The zero-order chi connectivity index (χ0) is 17.2. The van der Waals surface area contributed by atoms with Crippen LogP contribution < -0.4 is 10.1 Å². The number of amidine groups is 1. The zero-order valence-corrected chi connectivity index (χ0v) is 14.0. The van der Waals surface area contributed by atoms with Gasteiger partial charge in [-0.15, -0.1) is 0 Å². The molecule has 1 aliphatic rings. The van der Waals surface area contributed by atoms with Gasteiger partial charge in [0, 0.05) is 0 Å². The number of benzene rings is 2. The van der Waals surface area contributed by atoms with Crippen molar-refractivity contribution in [2.75, 3.05) is 7.11 Å². The monoisotopic (exact) mass is 351 g/mol. The highest BCUT2D eigenvalue weighted by Crippen LogP contribution is 2.29. The van der Waals surface area contributed by atoms with Crippen molar-refractivity contribution >= 4 is 46.0 Å². The van der Waals surface area contributed by atoms with Gasteiger partial charge in [-0.1, -0.05) is 24.3 Å². The van der Waals surface area contributed by atoms with Gasteiger partial charge in [-0.3, -0.25) is 4.79 Å². The number of para-hydroxylation sites is 2. The van der Waals surface area contributed by atoms with E-state index < -0.39 is 0 Å². The number of fused-ring (bicyclic) bond motifs is 1. The third kappa shape index (κ3) is 3.27. The summed E-state index contributed by atoms with van der Waals surface area (Å²) in [5, 5.41) is 3.16. The Hall–Kier alpha value is -3.06. The molecule has 0 saturated carbocycles. The van der Waals surface area contributed by atoms with Crippen LogP contribution in [0.4, 0.5) is 6.01 Å². The van der Waals surface area contributed by atoms with Gasteiger partial charge in [-0.2, -0.15) is 9.98 Å². The number of carbonyl (C=O) groups is 1. The molecule has 0 radical (unpaired) electrons. The van der Waals surface area contributed by atoms with Gasteiger partial charge in [0.2, 0.25) is 0 Å². The van der Waals surface area contributed by atoms with E-state index in [0.717, 1.165) is 16.8 Å². The van der Waals surface area contributed by atoms with Crippen molar-refractivity contribution in [2.45, 2.75) is 0 Å². The standard InChI is InChI=1S/C18H13N3O3S/c1-23-12-8-6-11(7-9-12)10-15-16(22)20-18(25-15)21-17-19-13-4-2-3-5-14(13)24-17/h2-10H,1H3,(H,19,20,21,22)/b15-10-. The number of aromatic nitrogens is 1. The van der Waals surface area contributed by atoms with Crippen LogP contribution in [-0.4, -0.2) is 23.2 Å². The normalized spacial score (nSPS) is 17.4. The topological polar surface area (TPSA) is 76.7 Å². The molecule has 1 aliphatic heterocycles. The second kappa shape index (κ2) is 6.45. The Morgan fingerprint density at radius 2 is 2.00 bits per heavy atom. The fraction of sp³-hybridized carbons (Fsp3) is 0.0556. The summed E-state index contributed by atoms with van der Waals surface area (Å²) in [6, 6.07) is 15.1. The van der Waals surface area contributed by atoms with Crippen LogP contribution in [-0.2, 0) is 4.79 Å². The van der Waals surface area contributed by atoms with Crippen LogP contribution in [0.5, 0.6) is 5.75 Å². The molecule has 1 saturated heterocycles. The first-order valence-corrected chi connectivity index (χ1v) is 8.32. The van der Waals surface area contributed by atoms with E-state index in [2.05, 4.69) is 15.3 Å². The van der Waals surface area contributed by atoms with Crippen LogP contribution in [0.1, 0.15) is 5.56 Å². The van der Waals surface area contributed by atoms with Crippen molar-refractivity contribution in [2.24, 2.45) is 4.99 Å². The van der Waals surface area contributed by atoms with E-state index in [9.17, 15) is 4.79 Å². The maximum Gasteiger partial charge on any atom is 0.325 e. The number of thioether (sulfide) groups is 1. The summed E-state index contributed by atoms with van der Waals surface area (Å²) >= 11 is 1.25. The van der Waals surface area contributed by atoms with Crippen molar-refractivity contribution < 1.29 is 13.9 Å². The van der Waals surface area contributed by atoms with Crippen molar-refractivity contribution in [3.63, 3.8) is 0 Å². The number of nitrogens with zero attached hydrogens (tertiary/aromatic N) is 2. The molecule has 1 amide bonds. The average Bonchev–Trinajstić information content (AvgIpc) is 3.18. The highest BCUT2D eigenvalue weighted by molar-refractivity contribution is 8.18. The number of oxazole rings is 1. The zero-order valence-electron chi connectivity index (χ0n) is 13.2. The fourth-order valence-electron chi connectivity index (χ4n) is 2.33. The predicted octanol–water partition coefficient (Wildman–Crippen LogP) is 3.73. The summed E-state index contributed by atoms with van der Waals surface area (Å²) in [6.07, 6.45) is 1.80. The van der Waals surface area contributed by atoms with Gasteiger partial charge in [0.25, 0.3) is 5.91 Å². The molecule has 4 rings (SSSR count). The second-order valence-corrected chi connectivity index (χ2v) is 6.25. The fourth-order valence-corrected chi connectivity index (χ4v) is 3.14. The number of methoxy groups -OCH3 is 1. The highest BCUT2D eigenvalue weighted by atomic mass is 32.2. The summed E-state index contributed by atoms with van der Waals surface area (Å²) in [6.45, 7) is 0. The molecule has 1 fully saturated rings. The van der Waals surface area contributed by atoms with Gasteiger partial charge in [0.1, 0.15) is 11.3 Å². The minimum atomic E-state index is -0.198. The number of nitrogens with one attached hydrogen (secondary N) is 1. The molecule has 124 valence electrons. The Morgan fingerprint density at radius 1 is 1.20 bits per heavy atom. The molecule has 3 aromatic rings. The lowest BCUT2D eigenvalue weighted by Gasteiger charge is -1.99. The first-order chi connectivity index (χ1) is 12.2. The molecule has 1 aromatic heterocycles. The van der Waals surface area contributed by atoms with E-state index in [4.69, 9.17) is 9.15 Å². The van der Waals surface area contributed by atoms with Gasteiger partial charge in [-0.25, -0.2) is 0 Å².